The number of thiazole rings is 1. The van der Waals surface area contributed by atoms with Gasteiger partial charge in [0.05, 0.1) is 25.6 Å². The first-order chi connectivity index (χ1) is 10.3. The van der Waals surface area contributed by atoms with Gasteiger partial charge in [0.15, 0.2) is 10.0 Å². The number of sulfonamides is 1. The standard InChI is InChI=1S/C12H11ClN4O2S3/c1-6-12(20-7(2)14-6)22(18,19)17-11-5-8(15-16-11)9-3-4-10(13)21-9/h3-5H,1-2H3,(H2,15,16,17). The number of aromatic nitrogens is 3. The molecule has 0 aliphatic heterocycles. The highest BCUT2D eigenvalue weighted by molar-refractivity contribution is 7.94. The van der Waals surface area contributed by atoms with E-state index in [0.29, 0.717) is 20.7 Å². The molecule has 0 saturated carbocycles. The van der Waals surface area contributed by atoms with E-state index in [1.807, 2.05) is 6.07 Å². The van der Waals surface area contributed by atoms with Gasteiger partial charge in [-0.15, -0.1) is 22.7 Å². The molecular formula is C12H11ClN4O2S3. The molecule has 0 spiro atoms. The second kappa shape index (κ2) is 5.65. The van der Waals surface area contributed by atoms with Gasteiger partial charge < -0.3 is 0 Å². The Hall–Kier alpha value is -1.42. The van der Waals surface area contributed by atoms with E-state index in [1.54, 1.807) is 26.0 Å². The van der Waals surface area contributed by atoms with Crippen LogP contribution in [0.2, 0.25) is 4.34 Å². The molecule has 3 rings (SSSR count). The molecule has 3 heterocycles. The monoisotopic (exact) mass is 374 g/mol. The minimum atomic E-state index is -3.69. The SMILES string of the molecule is Cc1nc(C)c(S(=O)(=O)Nc2cc(-c3ccc(Cl)s3)[nH]n2)s1. The Bertz CT molecular complexity index is 926. The fraction of sp³-hybridized carbons (Fsp3) is 0.167. The number of anilines is 1. The maximum atomic E-state index is 12.4. The summed E-state index contributed by atoms with van der Waals surface area (Å²) >= 11 is 8.41. The maximum absolute atomic E-state index is 12.4. The summed E-state index contributed by atoms with van der Waals surface area (Å²) in [5, 5.41) is 7.48. The van der Waals surface area contributed by atoms with Gasteiger partial charge in [-0.05, 0) is 26.0 Å². The first-order valence-corrected chi connectivity index (χ1v) is 9.62. The summed E-state index contributed by atoms with van der Waals surface area (Å²) in [6.45, 7) is 3.44. The van der Waals surface area contributed by atoms with E-state index in [0.717, 1.165) is 16.2 Å². The summed E-state index contributed by atoms with van der Waals surface area (Å²) in [5.41, 5.74) is 1.18. The third-order valence-corrected chi connectivity index (χ3v) is 7.06. The average molecular weight is 375 g/mol. The summed E-state index contributed by atoms with van der Waals surface area (Å²) in [7, 11) is -3.69. The van der Waals surface area contributed by atoms with Gasteiger partial charge >= 0.3 is 0 Å². The zero-order chi connectivity index (χ0) is 15.9. The molecule has 3 aromatic heterocycles. The van der Waals surface area contributed by atoms with Gasteiger partial charge in [-0.2, -0.15) is 5.10 Å². The van der Waals surface area contributed by atoms with Gasteiger partial charge in [0.2, 0.25) is 0 Å². The molecule has 3 aromatic rings. The number of aromatic amines is 1. The van der Waals surface area contributed by atoms with Crippen LogP contribution in [0.5, 0.6) is 0 Å². The Balaban J connectivity index is 1.87. The number of aryl methyl sites for hydroxylation is 2. The number of hydrogen-bond donors (Lipinski definition) is 2. The van der Waals surface area contributed by atoms with Crippen molar-refractivity contribution in [2.45, 2.75) is 18.1 Å². The summed E-state index contributed by atoms with van der Waals surface area (Å²) in [6.07, 6.45) is 0. The van der Waals surface area contributed by atoms with Crippen molar-refractivity contribution in [1.82, 2.24) is 15.2 Å². The number of hydrogen-bond acceptors (Lipinski definition) is 6. The van der Waals surface area contributed by atoms with Crippen LogP contribution in [0, 0.1) is 13.8 Å². The lowest BCUT2D eigenvalue weighted by Gasteiger charge is -2.02. The summed E-state index contributed by atoms with van der Waals surface area (Å²) < 4.78 is 28.1. The van der Waals surface area contributed by atoms with Crippen molar-refractivity contribution >= 4 is 50.1 Å². The number of thiophene rings is 1. The molecule has 116 valence electrons. The summed E-state index contributed by atoms with van der Waals surface area (Å²) in [6, 6.07) is 5.24. The van der Waals surface area contributed by atoms with Crippen LogP contribution in [0.4, 0.5) is 5.82 Å². The summed E-state index contributed by atoms with van der Waals surface area (Å²) in [4.78, 5) is 5.01. The van der Waals surface area contributed by atoms with Crippen molar-refractivity contribution in [3.8, 4) is 10.6 Å². The highest BCUT2D eigenvalue weighted by atomic mass is 35.5. The quantitative estimate of drug-likeness (QED) is 0.729. The van der Waals surface area contributed by atoms with Crippen LogP contribution in [0.25, 0.3) is 10.6 Å². The highest BCUT2D eigenvalue weighted by Gasteiger charge is 2.22. The van der Waals surface area contributed by atoms with Gasteiger partial charge in [-0.1, -0.05) is 11.6 Å². The molecule has 0 atom stereocenters. The van der Waals surface area contributed by atoms with E-state index in [-0.39, 0.29) is 10.0 Å². The molecule has 0 aromatic carbocycles. The fourth-order valence-electron chi connectivity index (χ4n) is 1.91. The molecule has 10 heteroatoms. The lowest BCUT2D eigenvalue weighted by atomic mass is 10.3. The van der Waals surface area contributed by atoms with Crippen LogP contribution in [-0.2, 0) is 10.0 Å². The fourth-order valence-corrected chi connectivity index (χ4v) is 5.39. The van der Waals surface area contributed by atoms with Crippen LogP contribution in [0.15, 0.2) is 22.4 Å². The van der Waals surface area contributed by atoms with E-state index in [2.05, 4.69) is 19.9 Å². The predicted octanol–water partition coefficient (Wildman–Crippen LogP) is 3.67. The van der Waals surface area contributed by atoms with Crippen LogP contribution in [0.1, 0.15) is 10.7 Å². The molecule has 0 fully saturated rings. The molecule has 6 nitrogen and oxygen atoms in total. The number of halogens is 1. The molecule has 2 N–H and O–H groups in total. The number of rotatable bonds is 4. The first-order valence-electron chi connectivity index (χ1n) is 6.13. The predicted molar refractivity (Wildman–Crippen MR) is 89.3 cm³/mol. The Kier molecular flexibility index (Phi) is 3.98. The van der Waals surface area contributed by atoms with Crippen LogP contribution in [0.3, 0.4) is 0 Å². The van der Waals surface area contributed by atoms with Crippen molar-refractivity contribution in [1.29, 1.82) is 0 Å². The van der Waals surface area contributed by atoms with Crippen molar-refractivity contribution in [3.63, 3.8) is 0 Å². The third kappa shape index (κ3) is 3.02. The Morgan fingerprint density at radius 1 is 1.27 bits per heavy atom. The molecule has 0 radical (unpaired) electrons. The van der Waals surface area contributed by atoms with Gasteiger partial charge in [-0.25, -0.2) is 13.4 Å². The van der Waals surface area contributed by atoms with E-state index < -0.39 is 10.0 Å². The van der Waals surface area contributed by atoms with E-state index in [9.17, 15) is 8.42 Å². The third-order valence-electron chi connectivity index (χ3n) is 2.76. The normalized spacial score (nSPS) is 11.8. The van der Waals surface area contributed by atoms with Crippen molar-refractivity contribution in [2.75, 3.05) is 4.72 Å². The molecule has 0 amide bonds. The van der Waals surface area contributed by atoms with Crippen molar-refractivity contribution in [2.24, 2.45) is 0 Å². The van der Waals surface area contributed by atoms with E-state index in [4.69, 9.17) is 11.6 Å². The lowest BCUT2D eigenvalue weighted by Crippen LogP contribution is -2.12. The van der Waals surface area contributed by atoms with Gasteiger partial charge in [0.25, 0.3) is 10.0 Å². The Morgan fingerprint density at radius 2 is 2.05 bits per heavy atom. The van der Waals surface area contributed by atoms with Crippen molar-refractivity contribution in [3.05, 3.63) is 33.2 Å². The molecule has 0 aliphatic rings. The molecule has 0 unspecified atom stereocenters. The smallest absolute Gasteiger partial charge is 0.274 e. The Labute approximate surface area is 140 Å². The number of H-pyrrole nitrogens is 1. The number of nitrogens with one attached hydrogen (secondary N) is 2. The van der Waals surface area contributed by atoms with Crippen LogP contribution >= 0.6 is 34.3 Å². The summed E-state index contributed by atoms with van der Waals surface area (Å²) in [5.74, 6) is 0.227. The number of nitrogens with zero attached hydrogens (tertiary/aromatic N) is 2. The van der Waals surface area contributed by atoms with Crippen molar-refractivity contribution < 1.29 is 8.42 Å². The van der Waals surface area contributed by atoms with Crippen LogP contribution in [-0.4, -0.2) is 23.6 Å². The maximum Gasteiger partial charge on any atom is 0.274 e. The van der Waals surface area contributed by atoms with E-state index in [1.165, 1.54) is 11.3 Å². The lowest BCUT2D eigenvalue weighted by molar-refractivity contribution is 0.602. The highest BCUT2D eigenvalue weighted by Crippen LogP contribution is 2.31. The largest absolute Gasteiger partial charge is 0.275 e. The zero-order valence-electron chi connectivity index (χ0n) is 11.5. The molecular weight excluding hydrogens is 364 g/mol. The van der Waals surface area contributed by atoms with Gasteiger partial charge in [0, 0.05) is 6.07 Å². The molecule has 0 bridgehead atoms. The topological polar surface area (TPSA) is 87.7 Å². The van der Waals surface area contributed by atoms with Gasteiger partial charge in [-0.3, -0.25) is 9.82 Å². The minimum absolute atomic E-state index is 0.203. The van der Waals surface area contributed by atoms with Gasteiger partial charge in [0.1, 0.15) is 0 Å². The Morgan fingerprint density at radius 3 is 2.64 bits per heavy atom. The second-order valence-electron chi connectivity index (χ2n) is 4.48. The molecule has 0 aliphatic carbocycles. The van der Waals surface area contributed by atoms with E-state index >= 15 is 0 Å². The van der Waals surface area contributed by atoms with Crippen LogP contribution < -0.4 is 4.72 Å². The average Bonchev–Trinajstić information content (AvgIpc) is 3.10. The zero-order valence-corrected chi connectivity index (χ0v) is 14.8. The minimum Gasteiger partial charge on any atom is -0.275 e. The molecule has 0 saturated heterocycles. The molecule has 22 heavy (non-hydrogen) atoms. The first kappa shape index (κ1) is 15.5. The second-order valence-corrected chi connectivity index (χ2v) is 9.28.